The van der Waals surface area contributed by atoms with E-state index in [1.54, 1.807) is 19.2 Å². The Balaban J connectivity index is 2.16. The molecule has 1 fully saturated rings. The predicted octanol–water partition coefficient (Wildman–Crippen LogP) is 2.21. The molecule has 1 saturated heterocycles. The molecule has 0 radical (unpaired) electrons. The van der Waals surface area contributed by atoms with Gasteiger partial charge < -0.3 is 15.4 Å². The first kappa shape index (κ1) is 13.8. The summed E-state index contributed by atoms with van der Waals surface area (Å²) in [6, 6.07) is 7.50. The zero-order chi connectivity index (χ0) is 15.0. The highest BCUT2D eigenvalue weighted by Crippen LogP contribution is 2.32. The Kier molecular flexibility index (Phi) is 3.51. The number of nitrogens with two attached hydrogens (primary N) is 1. The summed E-state index contributed by atoms with van der Waals surface area (Å²) in [4.78, 5) is 18.1. The van der Waals surface area contributed by atoms with E-state index in [1.165, 1.54) is 0 Å². The first-order valence-electron chi connectivity index (χ1n) is 7.11. The monoisotopic (exact) mass is 285 g/mol. The molecule has 1 aliphatic heterocycles. The van der Waals surface area contributed by atoms with E-state index in [0.29, 0.717) is 5.56 Å². The summed E-state index contributed by atoms with van der Waals surface area (Å²) >= 11 is 0. The molecule has 0 bridgehead atoms. The summed E-state index contributed by atoms with van der Waals surface area (Å²) in [7, 11) is 1.74. The smallest absolute Gasteiger partial charge is 0.248 e. The van der Waals surface area contributed by atoms with E-state index < -0.39 is 5.91 Å². The molecule has 110 valence electrons. The van der Waals surface area contributed by atoms with Crippen molar-refractivity contribution in [3.8, 4) is 0 Å². The third-order valence-electron chi connectivity index (χ3n) is 3.98. The molecule has 0 aliphatic carbocycles. The molecule has 2 aromatic rings. The van der Waals surface area contributed by atoms with Gasteiger partial charge in [-0.2, -0.15) is 0 Å². The Labute approximate surface area is 123 Å². The minimum absolute atomic E-state index is 0.103. The minimum atomic E-state index is -0.433. The van der Waals surface area contributed by atoms with Crippen LogP contribution in [0.4, 0.5) is 5.69 Å². The molecule has 1 aromatic carbocycles. The average molecular weight is 285 g/mol. The van der Waals surface area contributed by atoms with Crippen LogP contribution in [0.25, 0.3) is 10.9 Å². The normalized spacial score (nSPS) is 18.4. The van der Waals surface area contributed by atoms with Crippen molar-refractivity contribution in [2.75, 3.05) is 18.6 Å². The lowest BCUT2D eigenvalue weighted by atomic mass is 10.1. The Hall–Kier alpha value is -2.14. The van der Waals surface area contributed by atoms with Gasteiger partial charge in [-0.05, 0) is 44.0 Å². The lowest BCUT2D eigenvalue weighted by molar-refractivity contribution is 0.100. The predicted molar refractivity (Wildman–Crippen MR) is 82.4 cm³/mol. The van der Waals surface area contributed by atoms with Crippen molar-refractivity contribution in [2.24, 2.45) is 5.73 Å². The van der Waals surface area contributed by atoms with Crippen molar-refractivity contribution < 1.29 is 9.53 Å². The summed E-state index contributed by atoms with van der Waals surface area (Å²) in [5, 5.41) is 1.02. The third kappa shape index (κ3) is 2.45. The zero-order valence-corrected chi connectivity index (χ0v) is 12.3. The molecule has 0 saturated carbocycles. The molecule has 2 N–H and O–H groups in total. The van der Waals surface area contributed by atoms with Gasteiger partial charge in [-0.3, -0.25) is 9.78 Å². The summed E-state index contributed by atoms with van der Waals surface area (Å²) in [6.07, 6.45) is 2.24. The summed E-state index contributed by atoms with van der Waals surface area (Å²) < 4.78 is 5.56. The fourth-order valence-electron chi connectivity index (χ4n) is 2.99. The van der Waals surface area contributed by atoms with Crippen molar-refractivity contribution in [1.29, 1.82) is 0 Å². The number of rotatable bonds is 3. The standard InChI is InChI=1S/C16H19N3O2/c1-10-8-14(19-7-3-4-15(19)21-2)12-6-5-11(16(17)20)9-13(12)18-10/h5-6,8-9,15H,3-4,7H2,1-2H3,(H2,17,20). The number of aryl methyl sites for hydroxylation is 1. The fraction of sp³-hybridized carbons (Fsp3) is 0.375. The van der Waals surface area contributed by atoms with Gasteiger partial charge in [0.15, 0.2) is 0 Å². The number of carbonyl (C=O) groups is 1. The maximum absolute atomic E-state index is 11.3. The van der Waals surface area contributed by atoms with Crippen molar-refractivity contribution >= 4 is 22.5 Å². The number of amides is 1. The highest BCUT2D eigenvalue weighted by Gasteiger charge is 2.26. The maximum atomic E-state index is 11.3. The van der Waals surface area contributed by atoms with Gasteiger partial charge in [0.05, 0.1) is 5.52 Å². The van der Waals surface area contributed by atoms with Crippen LogP contribution in [-0.2, 0) is 4.74 Å². The van der Waals surface area contributed by atoms with Gasteiger partial charge in [0.1, 0.15) is 6.23 Å². The van der Waals surface area contributed by atoms with Crippen LogP contribution in [0.5, 0.6) is 0 Å². The van der Waals surface area contributed by atoms with Gasteiger partial charge >= 0.3 is 0 Å². The molecule has 1 atom stereocenters. The molecular formula is C16H19N3O2. The molecule has 21 heavy (non-hydrogen) atoms. The van der Waals surface area contributed by atoms with Crippen molar-refractivity contribution in [2.45, 2.75) is 26.0 Å². The average Bonchev–Trinajstić information content (AvgIpc) is 2.93. The largest absolute Gasteiger partial charge is 0.366 e. The first-order valence-corrected chi connectivity index (χ1v) is 7.11. The number of anilines is 1. The van der Waals surface area contributed by atoms with Crippen LogP contribution >= 0.6 is 0 Å². The second-order valence-electron chi connectivity index (χ2n) is 5.40. The zero-order valence-electron chi connectivity index (χ0n) is 12.3. The first-order chi connectivity index (χ1) is 10.1. The van der Waals surface area contributed by atoms with Crippen LogP contribution in [0.15, 0.2) is 24.3 Å². The molecule has 0 spiro atoms. The summed E-state index contributed by atoms with van der Waals surface area (Å²) in [5.41, 5.74) is 8.65. The number of pyridine rings is 1. The van der Waals surface area contributed by atoms with Crippen molar-refractivity contribution in [1.82, 2.24) is 4.98 Å². The number of hydrogen-bond donors (Lipinski definition) is 1. The van der Waals surface area contributed by atoms with E-state index in [-0.39, 0.29) is 6.23 Å². The topological polar surface area (TPSA) is 68.4 Å². The second-order valence-corrected chi connectivity index (χ2v) is 5.40. The van der Waals surface area contributed by atoms with Crippen molar-refractivity contribution in [3.63, 3.8) is 0 Å². The van der Waals surface area contributed by atoms with Crippen LogP contribution < -0.4 is 10.6 Å². The quantitative estimate of drug-likeness (QED) is 0.938. The van der Waals surface area contributed by atoms with E-state index in [9.17, 15) is 4.79 Å². The number of fused-ring (bicyclic) bond motifs is 1. The van der Waals surface area contributed by atoms with Gasteiger partial charge in [-0.15, -0.1) is 0 Å². The summed E-state index contributed by atoms with van der Waals surface area (Å²) in [5.74, 6) is -0.433. The van der Waals surface area contributed by atoms with Crippen LogP contribution in [0, 0.1) is 6.92 Å². The molecule has 1 aromatic heterocycles. The Morgan fingerprint density at radius 2 is 2.24 bits per heavy atom. The number of aromatic nitrogens is 1. The van der Waals surface area contributed by atoms with Crippen LogP contribution in [0.2, 0.25) is 0 Å². The molecule has 5 heteroatoms. The van der Waals surface area contributed by atoms with E-state index in [0.717, 1.165) is 41.7 Å². The Morgan fingerprint density at radius 3 is 2.95 bits per heavy atom. The van der Waals surface area contributed by atoms with Crippen LogP contribution in [-0.4, -0.2) is 30.8 Å². The number of nitrogens with zero attached hydrogens (tertiary/aromatic N) is 2. The lowest BCUT2D eigenvalue weighted by Gasteiger charge is -2.27. The number of benzene rings is 1. The molecule has 1 amide bonds. The van der Waals surface area contributed by atoms with E-state index in [4.69, 9.17) is 10.5 Å². The third-order valence-corrected chi connectivity index (χ3v) is 3.98. The maximum Gasteiger partial charge on any atom is 0.248 e. The van der Waals surface area contributed by atoms with Gasteiger partial charge in [0, 0.05) is 36.0 Å². The van der Waals surface area contributed by atoms with Gasteiger partial charge in [-0.1, -0.05) is 0 Å². The fourth-order valence-corrected chi connectivity index (χ4v) is 2.99. The SMILES string of the molecule is COC1CCCN1c1cc(C)nc2cc(C(N)=O)ccc12. The minimum Gasteiger partial charge on any atom is -0.366 e. The molecule has 3 rings (SSSR count). The van der Waals surface area contributed by atoms with Crippen molar-refractivity contribution in [3.05, 3.63) is 35.5 Å². The number of ether oxygens (including phenoxy) is 1. The van der Waals surface area contributed by atoms with Crippen LogP contribution in [0.1, 0.15) is 28.9 Å². The number of carbonyl (C=O) groups excluding carboxylic acids is 1. The Bertz CT molecular complexity index is 699. The van der Waals surface area contributed by atoms with Gasteiger partial charge in [-0.25, -0.2) is 0 Å². The van der Waals surface area contributed by atoms with Crippen LogP contribution in [0.3, 0.4) is 0 Å². The number of methoxy groups -OCH3 is 1. The Morgan fingerprint density at radius 1 is 1.43 bits per heavy atom. The molecule has 2 heterocycles. The highest BCUT2D eigenvalue weighted by atomic mass is 16.5. The van der Waals surface area contributed by atoms with Gasteiger partial charge in [0.2, 0.25) is 5.91 Å². The van der Waals surface area contributed by atoms with E-state index >= 15 is 0 Å². The number of hydrogen-bond acceptors (Lipinski definition) is 4. The molecular weight excluding hydrogens is 266 g/mol. The molecule has 1 aliphatic rings. The molecule has 5 nitrogen and oxygen atoms in total. The molecule has 1 unspecified atom stereocenters. The van der Waals surface area contributed by atoms with Gasteiger partial charge in [0.25, 0.3) is 0 Å². The summed E-state index contributed by atoms with van der Waals surface area (Å²) in [6.45, 7) is 2.92. The second kappa shape index (κ2) is 5.33. The van der Waals surface area contributed by atoms with E-state index in [2.05, 4.69) is 16.0 Å². The van der Waals surface area contributed by atoms with E-state index in [1.807, 2.05) is 13.0 Å². The number of primary amides is 1. The highest BCUT2D eigenvalue weighted by molar-refractivity contribution is 6.00. The lowest BCUT2D eigenvalue weighted by Crippen LogP contribution is -2.30.